The number of likely N-dealkylation sites (N-methyl/N-ethyl adjacent to an activating group) is 1. The zero-order valence-electron chi connectivity index (χ0n) is 9.31. The molecule has 0 radical (unpaired) electrons. The molecule has 1 unspecified atom stereocenters. The van der Waals surface area contributed by atoms with Crippen LogP contribution in [-0.2, 0) is 6.54 Å². The summed E-state index contributed by atoms with van der Waals surface area (Å²) in [4.78, 5) is 10.3. The van der Waals surface area contributed by atoms with Gasteiger partial charge in [0.25, 0.3) is 0 Å². The van der Waals surface area contributed by atoms with Gasteiger partial charge in [-0.2, -0.15) is 0 Å². The Balaban J connectivity index is 2.09. The molecule has 1 aliphatic rings. The summed E-state index contributed by atoms with van der Waals surface area (Å²) in [5.41, 5.74) is 5.59. The quantitative estimate of drug-likeness (QED) is 0.808. The van der Waals surface area contributed by atoms with Crippen molar-refractivity contribution in [2.24, 2.45) is 5.73 Å². The van der Waals surface area contributed by atoms with Crippen molar-refractivity contribution >= 4 is 16.5 Å². The van der Waals surface area contributed by atoms with Crippen molar-refractivity contribution in [2.75, 3.05) is 31.6 Å². The van der Waals surface area contributed by atoms with E-state index in [4.69, 9.17) is 5.73 Å². The summed E-state index contributed by atoms with van der Waals surface area (Å²) in [6, 6.07) is 0.542. The molecule has 0 spiro atoms. The van der Waals surface area contributed by atoms with Gasteiger partial charge in [0.15, 0.2) is 5.13 Å². The Morgan fingerprint density at radius 2 is 2.40 bits per heavy atom. The molecule has 1 aromatic rings. The number of rotatable bonds is 2. The molecule has 1 fully saturated rings. The summed E-state index contributed by atoms with van der Waals surface area (Å²) in [5, 5.41) is 1.12. The van der Waals surface area contributed by atoms with Gasteiger partial charge < -0.3 is 15.5 Å². The minimum atomic E-state index is 0.542. The average Bonchev–Trinajstić information content (AvgIpc) is 2.66. The number of nitrogens with two attached hydrogens (primary N) is 1. The lowest BCUT2D eigenvalue weighted by molar-refractivity contribution is 0.275. The summed E-state index contributed by atoms with van der Waals surface area (Å²) in [5.74, 6) is 0. The third kappa shape index (κ3) is 2.30. The summed E-state index contributed by atoms with van der Waals surface area (Å²) in [7, 11) is 2.17. The Morgan fingerprint density at radius 1 is 1.60 bits per heavy atom. The van der Waals surface area contributed by atoms with Crippen LogP contribution >= 0.6 is 11.3 Å². The first-order valence-corrected chi connectivity index (χ1v) is 6.12. The molecule has 1 saturated heterocycles. The molecule has 2 heterocycles. The van der Waals surface area contributed by atoms with Gasteiger partial charge in [0.1, 0.15) is 0 Å². The van der Waals surface area contributed by atoms with Gasteiger partial charge in [-0.05, 0) is 14.0 Å². The second kappa shape index (κ2) is 4.47. The highest BCUT2D eigenvalue weighted by molar-refractivity contribution is 7.15. The fourth-order valence-corrected chi connectivity index (χ4v) is 2.87. The molecule has 2 N–H and O–H groups in total. The monoisotopic (exact) mass is 226 g/mol. The van der Waals surface area contributed by atoms with E-state index in [0.717, 1.165) is 29.6 Å². The smallest absolute Gasteiger partial charge is 0.185 e. The first-order chi connectivity index (χ1) is 7.20. The Hall–Kier alpha value is -0.650. The van der Waals surface area contributed by atoms with Crippen LogP contribution in [0, 0.1) is 0 Å². The van der Waals surface area contributed by atoms with E-state index < -0.39 is 0 Å². The first-order valence-electron chi connectivity index (χ1n) is 5.30. The maximum absolute atomic E-state index is 5.59. The third-order valence-corrected chi connectivity index (χ3v) is 3.88. The van der Waals surface area contributed by atoms with E-state index in [0.29, 0.717) is 12.6 Å². The predicted octanol–water partition coefficient (Wildman–Crippen LogP) is 0.742. The second-order valence-electron chi connectivity index (χ2n) is 4.12. The largest absolute Gasteiger partial charge is 0.343 e. The average molecular weight is 226 g/mol. The van der Waals surface area contributed by atoms with Crippen LogP contribution in [0.2, 0.25) is 0 Å². The lowest BCUT2D eigenvalue weighted by Crippen LogP contribution is -2.50. The van der Waals surface area contributed by atoms with E-state index in [1.54, 1.807) is 11.3 Å². The van der Waals surface area contributed by atoms with Gasteiger partial charge in [0.05, 0.1) is 0 Å². The van der Waals surface area contributed by atoms with E-state index in [9.17, 15) is 0 Å². The SMILES string of the molecule is CC1CN(C)CCN1c1ncc(CN)s1. The fraction of sp³-hybridized carbons (Fsp3) is 0.700. The minimum Gasteiger partial charge on any atom is -0.343 e. The van der Waals surface area contributed by atoms with Gasteiger partial charge >= 0.3 is 0 Å². The number of nitrogens with zero attached hydrogens (tertiary/aromatic N) is 3. The van der Waals surface area contributed by atoms with E-state index in [-0.39, 0.29) is 0 Å². The molecule has 0 amide bonds. The van der Waals surface area contributed by atoms with Crippen LogP contribution in [0.5, 0.6) is 0 Å². The number of aromatic nitrogens is 1. The molecule has 4 nitrogen and oxygen atoms in total. The molecule has 1 atom stereocenters. The van der Waals surface area contributed by atoms with Gasteiger partial charge in [-0.25, -0.2) is 4.98 Å². The van der Waals surface area contributed by atoms with Crippen LogP contribution in [0.4, 0.5) is 5.13 Å². The number of piperazine rings is 1. The zero-order chi connectivity index (χ0) is 10.8. The standard InChI is InChI=1S/C10H18N4S/c1-8-7-13(2)3-4-14(8)10-12-6-9(5-11)15-10/h6,8H,3-5,7,11H2,1-2H3. The van der Waals surface area contributed by atoms with Crippen molar-refractivity contribution in [2.45, 2.75) is 19.5 Å². The van der Waals surface area contributed by atoms with Crippen LogP contribution in [-0.4, -0.2) is 42.6 Å². The lowest BCUT2D eigenvalue weighted by Gasteiger charge is -2.38. The van der Waals surface area contributed by atoms with Gasteiger partial charge in [-0.3, -0.25) is 0 Å². The first kappa shape index (κ1) is 10.9. The summed E-state index contributed by atoms with van der Waals surface area (Å²) < 4.78 is 0. The van der Waals surface area contributed by atoms with Crippen molar-refractivity contribution < 1.29 is 0 Å². The number of anilines is 1. The Bertz CT molecular complexity index is 325. The van der Waals surface area contributed by atoms with Gasteiger partial charge in [-0.15, -0.1) is 11.3 Å². The summed E-state index contributed by atoms with van der Waals surface area (Å²) in [6.07, 6.45) is 1.89. The normalized spacial score (nSPS) is 23.4. The highest BCUT2D eigenvalue weighted by Gasteiger charge is 2.23. The molecule has 0 aromatic carbocycles. The fourth-order valence-electron chi connectivity index (χ4n) is 1.95. The molecule has 0 bridgehead atoms. The van der Waals surface area contributed by atoms with Crippen LogP contribution in [0.3, 0.4) is 0 Å². The Labute approximate surface area is 94.7 Å². The highest BCUT2D eigenvalue weighted by Crippen LogP contribution is 2.25. The molecule has 1 aliphatic heterocycles. The van der Waals surface area contributed by atoms with Crippen molar-refractivity contribution in [3.63, 3.8) is 0 Å². The minimum absolute atomic E-state index is 0.542. The van der Waals surface area contributed by atoms with E-state index in [1.807, 2.05) is 6.20 Å². The zero-order valence-corrected chi connectivity index (χ0v) is 10.1. The van der Waals surface area contributed by atoms with Gasteiger partial charge in [0.2, 0.25) is 0 Å². The molecule has 15 heavy (non-hydrogen) atoms. The molecule has 5 heteroatoms. The molecule has 0 saturated carbocycles. The molecule has 84 valence electrons. The van der Waals surface area contributed by atoms with Crippen LogP contribution < -0.4 is 10.6 Å². The molecular formula is C10H18N4S. The Morgan fingerprint density at radius 3 is 3.00 bits per heavy atom. The van der Waals surface area contributed by atoms with Crippen molar-refractivity contribution in [1.29, 1.82) is 0 Å². The van der Waals surface area contributed by atoms with Crippen molar-refractivity contribution in [1.82, 2.24) is 9.88 Å². The number of thiazole rings is 1. The predicted molar refractivity (Wildman–Crippen MR) is 64.3 cm³/mol. The number of hydrogen-bond donors (Lipinski definition) is 1. The van der Waals surface area contributed by atoms with E-state index in [1.165, 1.54) is 0 Å². The summed E-state index contributed by atoms with van der Waals surface area (Å²) in [6.45, 7) is 6.13. The lowest BCUT2D eigenvalue weighted by atomic mass is 10.2. The molecule has 2 rings (SSSR count). The van der Waals surface area contributed by atoms with Crippen molar-refractivity contribution in [3.05, 3.63) is 11.1 Å². The maximum atomic E-state index is 5.59. The Kier molecular flexibility index (Phi) is 3.23. The second-order valence-corrected chi connectivity index (χ2v) is 5.21. The third-order valence-electron chi connectivity index (χ3n) is 2.82. The van der Waals surface area contributed by atoms with Crippen molar-refractivity contribution in [3.8, 4) is 0 Å². The summed E-state index contributed by atoms with van der Waals surface area (Å²) >= 11 is 1.72. The van der Waals surface area contributed by atoms with Crippen LogP contribution in [0.15, 0.2) is 6.20 Å². The van der Waals surface area contributed by atoms with E-state index in [2.05, 4.69) is 28.8 Å². The highest BCUT2D eigenvalue weighted by atomic mass is 32.1. The van der Waals surface area contributed by atoms with Crippen LogP contribution in [0.1, 0.15) is 11.8 Å². The van der Waals surface area contributed by atoms with E-state index >= 15 is 0 Å². The van der Waals surface area contributed by atoms with Gasteiger partial charge in [-0.1, -0.05) is 0 Å². The molecule has 0 aliphatic carbocycles. The maximum Gasteiger partial charge on any atom is 0.185 e. The molecular weight excluding hydrogens is 208 g/mol. The van der Waals surface area contributed by atoms with Crippen LogP contribution in [0.25, 0.3) is 0 Å². The topological polar surface area (TPSA) is 45.4 Å². The van der Waals surface area contributed by atoms with Gasteiger partial charge in [0, 0.05) is 43.3 Å². The molecule has 1 aromatic heterocycles. The number of hydrogen-bond acceptors (Lipinski definition) is 5.